The van der Waals surface area contributed by atoms with Crippen LogP contribution in [0.3, 0.4) is 0 Å². The van der Waals surface area contributed by atoms with Gasteiger partial charge in [-0.25, -0.2) is 43.0 Å². The Bertz CT molecular complexity index is 5250. The van der Waals surface area contributed by atoms with Gasteiger partial charge in [0.1, 0.15) is 72.4 Å². The van der Waals surface area contributed by atoms with E-state index in [-0.39, 0.29) is 75.8 Å². The lowest BCUT2D eigenvalue weighted by molar-refractivity contribution is -0.149. The molecule has 632 valence electrons. The highest BCUT2D eigenvalue weighted by Crippen LogP contribution is 2.60. The lowest BCUT2D eigenvalue weighted by Crippen LogP contribution is -2.54. The van der Waals surface area contributed by atoms with Gasteiger partial charge < -0.3 is 84.8 Å². The minimum atomic E-state index is -4.30. The summed E-state index contributed by atoms with van der Waals surface area (Å²) in [6.45, 7) is 12.7. The number of imidazole rings is 2. The number of amides is 5. The van der Waals surface area contributed by atoms with E-state index in [1.54, 1.807) is 67.4 Å². The second-order valence-corrected chi connectivity index (χ2v) is 33.4. The van der Waals surface area contributed by atoms with Crippen molar-refractivity contribution in [3.63, 3.8) is 0 Å². The van der Waals surface area contributed by atoms with Crippen molar-refractivity contribution in [1.82, 2.24) is 69.8 Å². The molecule has 1 spiro atoms. The van der Waals surface area contributed by atoms with Crippen LogP contribution < -0.4 is 37.2 Å². The van der Waals surface area contributed by atoms with Crippen LogP contribution in [0.2, 0.25) is 0 Å². The molecule has 12 N–H and O–H groups in total. The number of aliphatic hydroxyl groups excluding tert-OH is 4. The Hall–Kier alpha value is -10.7. The van der Waals surface area contributed by atoms with Gasteiger partial charge in [0.25, 0.3) is 17.4 Å². The number of alkyl halides is 3. The summed E-state index contributed by atoms with van der Waals surface area (Å²) in [7, 11) is -1.76. The van der Waals surface area contributed by atoms with Crippen LogP contribution in [-0.4, -0.2) is 211 Å². The number of H-pyrrole nitrogens is 3. The van der Waals surface area contributed by atoms with Gasteiger partial charge in [-0.2, -0.15) is 13.9 Å². The number of esters is 1. The number of rotatable bonds is 23. The minimum absolute atomic E-state index is 0.00359. The number of benzene rings is 4. The summed E-state index contributed by atoms with van der Waals surface area (Å²) in [6, 6.07) is 21.5. The molecule has 2 saturated carbocycles. The predicted octanol–water partition coefficient (Wildman–Crippen LogP) is 7.25. The summed E-state index contributed by atoms with van der Waals surface area (Å²) in [5.41, 5.74) is 5.01. The fourth-order valence-corrected chi connectivity index (χ4v) is 17.7. The number of hydrogen-bond donors (Lipinski definition) is 11. The van der Waals surface area contributed by atoms with Crippen molar-refractivity contribution in [3.8, 4) is 39.3 Å². The maximum atomic E-state index is 17.1. The lowest BCUT2D eigenvalue weighted by Gasteiger charge is -2.37. The standard InChI is InChI=1S/C49H54F2N8O6.C22H29FN3O9P.C8H12N4O5/c1-24(2)39(56-46(62)64-5)44(60)58-23-48(16-17-48)21-37(58)42-52-22-36(55-42)27-11-14-31-32-9-7-8-30(38(32)49(50,51)33(31)19-27)26-12-15-34-35(20-26)54-43(53-34)41-28-10-13-29(18-28)59(41)45(61)40(25(3)4)57-47(63)65-6;1-13(2)33-19(29)14(3)25-36(31,35-15-8-6-5-7-9-15)32-12-16-18(28)22(4,23)20(34-16)26-11-10-17(27)24-21(26)30;9-6(16)7-10-2-12(11-7)8-5(15)4(14)3(1-13)17-8/h7-9,11-12,14-15,19-20,22,24-25,28-29,37,39-41H,10,13,16-18,21,23H2,1-6H3,(H,52,55)(H,53,54)(H,56,62)(H,57,63);5-11,13-14,16,18,20,28H,12H2,1-4H3,(H,25,31)(H,24,27,30);2-5,8,13-15H,1H2,(H2,9,16)/t28-,29+,37-,39-,40-,41-;14-,16+,18+,20+,22+,36-;3-,4-,5-,8-/m001/s1. The Kier molecular flexibility index (Phi) is 24.5. The minimum Gasteiger partial charge on any atom is -0.462 e. The van der Waals surface area contributed by atoms with Crippen LogP contribution in [0.15, 0.2) is 119 Å². The first kappa shape index (κ1) is 85.2. The van der Waals surface area contributed by atoms with Crippen LogP contribution in [0.5, 0.6) is 5.75 Å². The number of aromatic nitrogens is 9. The molecule has 8 heterocycles. The van der Waals surface area contributed by atoms with E-state index < -0.39 is 135 Å². The summed E-state index contributed by atoms with van der Waals surface area (Å²) >= 11 is 0. The van der Waals surface area contributed by atoms with E-state index in [0.717, 1.165) is 73.3 Å². The molecule has 35 nitrogen and oxygen atoms in total. The quantitative estimate of drug-likeness (QED) is 0.0170. The Labute approximate surface area is 673 Å². The average molecular weight is 1660 g/mol. The fourth-order valence-electron chi connectivity index (χ4n) is 16.2. The molecule has 5 amide bonds. The molecule has 0 unspecified atom stereocenters. The summed E-state index contributed by atoms with van der Waals surface area (Å²) in [6.07, 6.45) is -1.80. The highest BCUT2D eigenvalue weighted by atomic mass is 31.2. The number of alkyl carbamates (subject to hydrolysis) is 2. The van der Waals surface area contributed by atoms with E-state index in [9.17, 15) is 58.2 Å². The van der Waals surface area contributed by atoms with Gasteiger partial charge in [-0.05, 0) is 142 Å². The zero-order valence-electron chi connectivity index (χ0n) is 66.1. The third-order valence-electron chi connectivity index (χ3n) is 22.5. The number of primary amides is 1. The molecule has 39 heteroatoms. The average Bonchev–Trinajstić information content (AvgIpc) is 1.56. The number of aromatic amines is 3. The van der Waals surface area contributed by atoms with E-state index in [1.807, 2.05) is 61.8 Å². The largest absolute Gasteiger partial charge is 0.462 e. The molecule has 8 aromatic rings. The van der Waals surface area contributed by atoms with Crippen molar-refractivity contribution < 1.29 is 99.7 Å². The molecule has 2 bridgehead atoms. The van der Waals surface area contributed by atoms with Crippen molar-refractivity contribution in [3.05, 3.63) is 159 Å². The maximum absolute atomic E-state index is 17.1. The molecule has 4 aromatic heterocycles. The van der Waals surface area contributed by atoms with Crippen molar-refractivity contribution in [2.24, 2.45) is 28.9 Å². The monoisotopic (exact) mass is 1660 g/mol. The number of ether oxygens (including phenoxy) is 5. The van der Waals surface area contributed by atoms with Crippen molar-refractivity contribution in [1.29, 1.82) is 0 Å². The number of halogens is 3. The number of carbonyl (C=O) groups excluding carboxylic acids is 6. The number of nitrogens with one attached hydrogen (secondary N) is 6. The molecule has 4 aliphatic heterocycles. The number of nitrogens with two attached hydrogens (primary N) is 1. The maximum Gasteiger partial charge on any atom is 0.459 e. The first-order chi connectivity index (χ1) is 56.0. The van der Waals surface area contributed by atoms with Crippen LogP contribution >= 0.6 is 7.75 Å². The normalized spacial score (nSPS) is 25.4. The molecule has 6 fully saturated rings. The van der Waals surface area contributed by atoms with Crippen molar-refractivity contribution in [2.75, 3.05) is 34.0 Å². The lowest BCUT2D eigenvalue weighted by atomic mass is 9.94. The van der Waals surface area contributed by atoms with Gasteiger partial charge >= 0.3 is 31.6 Å². The van der Waals surface area contributed by atoms with Gasteiger partial charge in [-0.3, -0.25) is 38.0 Å². The number of carbonyl (C=O) groups is 6. The third-order valence-corrected chi connectivity index (χ3v) is 24.1. The first-order valence-corrected chi connectivity index (χ1v) is 40.2. The van der Waals surface area contributed by atoms with E-state index in [4.69, 9.17) is 53.5 Å². The van der Waals surface area contributed by atoms with Gasteiger partial charge in [0, 0.05) is 41.5 Å². The van der Waals surface area contributed by atoms with Crippen molar-refractivity contribution >= 4 is 54.7 Å². The van der Waals surface area contributed by atoms with E-state index in [0.29, 0.717) is 62.7 Å². The van der Waals surface area contributed by atoms with E-state index >= 15 is 13.2 Å². The third kappa shape index (κ3) is 17.2. The van der Waals surface area contributed by atoms with Gasteiger partial charge in [0.15, 0.2) is 18.1 Å². The highest BCUT2D eigenvalue weighted by molar-refractivity contribution is 7.52. The summed E-state index contributed by atoms with van der Waals surface area (Å²) < 4.78 is 101. The fraction of sp³-hybridized carbons (Fsp3) is 0.494. The van der Waals surface area contributed by atoms with Crippen LogP contribution in [0.4, 0.5) is 22.8 Å². The molecule has 4 saturated heterocycles. The number of piperidine rings is 1. The van der Waals surface area contributed by atoms with Gasteiger partial charge in [-0.1, -0.05) is 82.3 Å². The number of fused-ring (bicyclic) bond motifs is 6. The molecule has 7 aliphatic rings. The topological polar surface area (TPSA) is 477 Å². The predicted molar refractivity (Wildman–Crippen MR) is 414 cm³/mol. The van der Waals surface area contributed by atoms with Gasteiger partial charge in [0.05, 0.1) is 68.5 Å². The smallest absolute Gasteiger partial charge is 0.459 e. The Morgan fingerprint density at radius 3 is 2.09 bits per heavy atom. The Morgan fingerprint density at radius 1 is 0.771 bits per heavy atom. The van der Waals surface area contributed by atoms with Gasteiger partial charge in [-0.15, -0.1) is 5.10 Å². The molecule has 118 heavy (non-hydrogen) atoms. The van der Waals surface area contributed by atoms with E-state index in [1.165, 1.54) is 39.3 Å². The molecule has 4 aromatic carbocycles. The van der Waals surface area contributed by atoms with Crippen LogP contribution in [0.1, 0.15) is 152 Å². The SMILES string of the molecule is CC(C)OC(=O)[C@H](C)N[P@](=O)(OC[C@H]1O[C@@H](n2ccc(=O)[nH]c2=O)[C@](C)(F)[C@@H]1O)Oc1ccccc1.COC(=O)N[C@H](C(=O)N1CC2(CC2)C[C@H]1c1ncc(-c2ccc3c(c2)C(F)(F)c2c(-c4ccc5nc([C@@H]6[C@H]7CC[C@H](C7)N6C(=O)[C@@H](NC(=O)OC)C(C)C)[nH]c5c4)cccc2-3)[nH]1)C(C)C.NC(=O)c1ncn([C@@H]2O[C@H](CO)[C@@H](O)[C@H]2O)n1. The number of methoxy groups -OCH3 is 2. The number of likely N-dealkylation sites (tertiary alicyclic amines) is 2. The molecular weight excluding hydrogens is 1570 g/mol. The second kappa shape index (κ2) is 34.0. The molecule has 3 aliphatic carbocycles. The molecule has 15 rings (SSSR count). The second-order valence-electron chi connectivity index (χ2n) is 31.7. The van der Waals surface area contributed by atoms with Crippen LogP contribution in [0.25, 0.3) is 44.5 Å². The summed E-state index contributed by atoms with van der Waals surface area (Å²) in [4.78, 5) is 125. The number of para-hydroxylation sites is 1. The van der Waals surface area contributed by atoms with Crippen LogP contribution in [0, 0.1) is 23.2 Å². The zero-order valence-corrected chi connectivity index (χ0v) is 67.0. The Morgan fingerprint density at radius 2 is 1.46 bits per heavy atom. The van der Waals surface area contributed by atoms with E-state index in [2.05, 4.69) is 35.8 Å². The first-order valence-electron chi connectivity index (χ1n) is 38.7. The highest BCUT2D eigenvalue weighted by Gasteiger charge is 2.58. The number of nitrogens with zero attached hydrogens (tertiary/aromatic N) is 8. The zero-order chi connectivity index (χ0) is 84.9. The number of hydrogen-bond acceptors (Lipinski definition) is 24. The van der Waals surface area contributed by atoms with Crippen LogP contribution in [-0.2, 0) is 53.1 Å². The van der Waals surface area contributed by atoms with Gasteiger partial charge in [0.2, 0.25) is 17.6 Å². The summed E-state index contributed by atoms with van der Waals surface area (Å²) in [5.74, 6) is -4.27. The number of aliphatic hydroxyl groups is 4. The Balaban J connectivity index is 0.000000189. The summed E-state index contributed by atoms with van der Waals surface area (Å²) in [5, 5.41) is 50.2. The van der Waals surface area contributed by atoms with Crippen molar-refractivity contribution in [2.45, 2.75) is 191 Å². The molecule has 0 radical (unpaired) electrons. The molecule has 16 atom stereocenters. The molecular formula is C79H95F3N15O20P.